The van der Waals surface area contributed by atoms with Crippen molar-refractivity contribution in [1.82, 2.24) is 25.1 Å². The highest BCUT2D eigenvalue weighted by molar-refractivity contribution is 14.0. The van der Waals surface area contributed by atoms with Crippen molar-refractivity contribution in [1.29, 1.82) is 0 Å². The molecule has 3 heterocycles. The molecule has 45 heavy (non-hydrogen) atoms. The number of anilines is 1. The first-order valence-electron chi connectivity index (χ1n) is 15.8. The Balaban J connectivity index is 0.000000876. The third-order valence-electron chi connectivity index (χ3n) is 7.62. The summed E-state index contributed by atoms with van der Waals surface area (Å²) in [6.07, 6.45) is 11.8. The zero-order chi connectivity index (χ0) is 32.2. The number of nitrogens with one attached hydrogen (secondary N) is 2. The van der Waals surface area contributed by atoms with Crippen LogP contribution in [0.3, 0.4) is 0 Å². The van der Waals surface area contributed by atoms with Crippen molar-refractivity contribution in [2.45, 2.75) is 98.4 Å². The lowest BCUT2D eigenvalue weighted by molar-refractivity contribution is -0.105. The fourth-order valence-corrected chi connectivity index (χ4v) is 5.59. The van der Waals surface area contributed by atoms with Gasteiger partial charge in [0.15, 0.2) is 5.82 Å². The van der Waals surface area contributed by atoms with Gasteiger partial charge in [0, 0.05) is 45.1 Å². The van der Waals surface area contributed by atoms with Crippen LogP contribution in [-0.4, -0.2) is 38.1 Å². The zero-order valence-electron chi connectivity index (χ0n) is 27.6. The van der Waals surface area contributed by atoms with Crippen molar-refractivity contribution in [2.75, 3.05) is 5.32 Å². The summed E-state index contributed by atoms with van der Waals surface area (Å²) < 4.78 is 16.5. The van der Waals surface area contributed by atoms with E-state index < -0.39 is 0 Å². The topological polar surface area (TPSA) is 102 Å². The first-order valence-corrected chi connectivity index (χ1v) is 15.8. The number of carbonyl (C=O) groups excluding carboxylic acids is 2. The van der Waals surface area contributed by atoms with E-state index in [1.807, 2.05) is 46.0 Å². The van der Waals surface area contributed by atoms with E-state index in [2.05, 4.69) is 46.5 Å². The number of aromatic nitrogens is 4. The van der Waals surface area contributed by atoms with Crippen LogP contribution in [0.1, 0.15) is 109 Å². The Hall–Kier alpha value is -3.41. The van der Waals surface area contributed by atoms with Crippen molar-refractivity contribution in [3.8, 4) is 11.1 Å². The summed E-state index contributed by atoms with van der Waals surface area (Å²) in [5.41, 5.74) is 5.66. The van der Waals surface area contributed by atoms with Crippen LogP contribution in [0, 0.1) is 12.7 Å². The quantitative estimate of drug-likeness (QED) is 0.139. The summed E-state index contributed by atoms with van der Waals surface area (Å²) in [7, 11) is 1.84. The van der Waals surface area contributed by atoms with Gasteiger partial charge in [-0.05, 0) is 79.1 Å². The SMILES string of the molecule is CC.CCCc1cnc(NC=O)cc1-c1cc(F)c2nn(C)c(C(C)C)c2c1.Cc1ccc(C(=O)NC2CCCCC2)cn1.I.[HH].[HH]. The lowest BCUT2D eigenvalue weighted by Gasteiger charge is -2.22. The molecule has 2 amide bonds. The molecule has 8 nitrogen and oxygen atoms in total. The summed E-state index contributed by atoms with van der Waals surface area (Å²) in [4.78, 5) is 31.0. The van der Waals surface area contributed by atoms with Gasteiger partial charge in [0.05, 0.1) is 5.56 Å². The summed E-state index contributed by atoms with van der Waals surface area (Å²) in [5.74, 6) is 0.341. The molecule has 1 aliphatic carbocycles. The molecule has 1 aliphatic rings. The van der Waals surface area contributed by atoms with Crippen molar-refractivity contribution in [2.24, 2.45) is 7.05 Å². The van der Waals surface area contributed by atoms with Gasteiger partial charge in [-0.3, -0.25) is 19.3 Å². The van der Waals surface area contributed by atoms with E-state index in [1.165, 1.54) is 25.3 Å². The number of nitrogens with zero attached hydrogens (tertiary/aromatic N) is 4. The summed E-state index contributed by atoms with van der Waals surface area (Å²) in [6, 6.07) is 9.36. The number of halogens is 2. The minimum Gasteiger partial charge on any atom is -0.349 e. The molecule has 0 spiro atoms. The minimum atomic E-state index is -0.343. The van der Waals surface area contributed by atoms with Gasteiger partial charge in [-0.1, -0.05) is 60.3 Å². The van der Waals surface area contributed by atoms with Gasteiger partial charge in [-0.2, -0.15) is 5.10 Å². The van der Waals surface area contributed by atoms with Crippen LogP contribution in [0.2, 0.25) is 0 Å². The molecule has 0 unspecified atom stereocenters. The van der Waals surface area contributed by atoms with Gasteiger partial charge >= 0.3 is 0 Å². The first-order chi connectivity index (χ1) is 21.2. The van der Waals surface area contributed by atoms with E-state index in [-0.39, 0.29) is 44.5 Å². The molecular formula is C35H52FIN6O2. The molecular weight excluding hydrogens is 682 g/mol. The van der Waals surface area contributed by atoms with Gasteiger partial charge in [0.25, 0.3) is 5.91 Å². The fourth-order valence-electron chi connectivity index (χ4n) is 5.59. The van der Waals surface area contributed by atoms with E-state index in [9.17, 15) is 14.0 Å². The average molecular weight is 735 g/mol. The number of rotatable bonds is 8. The standard InChI is InChI=1S/C20H23FN4O.C13H18N2O.C2H6.HI.2H2/c1-5-6-13-10-22-18(23-11-26)9-15(13)14-7-16-19(17(21)8-14)24-25(4)20(16)12(2)3;1-10-7-8-11(9-14-10)13(16)15-12-5-3-2-4-6-12;1-2;;;/h7-12H,5-6H2,1-4H3,(H,22,23,26);7-9,12H,2-6H2,1H3,(H,15,16);1-2H3;3*1H. The van der Waals surface area contributed by atoms with Crippen LogP contribution in [0.5, 0.6) is 0 Å². The molecule has 1 fully saturated rings. The number of hydrogen-bond acceptors (Lipinski definition) is 5. The van der Waals surface area contributed by atoms with Crippen LogP contribution in [0.4, 0.5) is 10.2 Å². The Morgan fingerprint density at radius 3 is 2.42 bits per heavy atom. The van der Waals surface area contributed by atoms with Gasteiger partial charge < -0.3 is 10.6 Å². The maximum atomic E-state index is 14.8. The van der Waals surface area contributed by atoms with Gasteiger partial charge in [0.1, 0.15) is 11.3 Å². The van der Waals surface area contributed by atoms with E-state index in [0.717, 1.165) is 59.1 Å². The normalized spacial score (nSPS) is 12.7. The Kier molecular flexibility index (Phi) is 15.6. The van der Waals surface area contributed by atoms with Gasteiger partial charge in [-0.25, -0.2) is 9.37 Å². The molecule has 0 bridgehead atoms. The number of aryl methyl sites for hydroxylation is 3. The Morgan fingerprint density at radius 1 is 1.11 bits per heavy atom. The number of benzene rings is 1. The molecule has 0 aliphatic heterocycles. The molecule has 5 rings (SSSR count). The van der Waals surface area contributed by atoms with Crippen LogP contribution in [0.25, 0.3) is 22.0 Å². The smallest absolute Gasteiger partial charge is 0.253 e. The van der Waals surface area contributed by atoms with Crippen molar-refractivity contribution in [3.05, 3.63) is 71.1 Å². The molecule has 0 saturated heterocycles. The molecule has 248 valence electrons. The predicted octanol–water partition coefficient (Wildman–Crippen LogP) is 9.01. The molecule has 1 aromatic carbocycles. The summed E-state index contributed by atoms with van der Waals surface area (Å²) in [6.45, 7) is 12.1. The van der Waals surface area contributed by atoms with Crippen LogP contribution in [-0.2, 0) is 18.3 Å². The first kappa shape index (κ1) is 37.8. The van der Waals surface area contributed by atoms with Crippen LogP contribution >= 0.6 is 24.0 Å². The lowest BCUT2D eigenvalue weighted by atomic mass is 9.95. The van der Waals surface area contributed by atoms with E-state index in [4.69, 9.17) is 0 Å². The number of pyridine rings is 2. The monoisotopic (exact) mass is 734 g/mol. The minimum absolute atomic E-state index is 0. The van der Waals surface area contributed by atoms with Gasteiger partial charge in [-0.15, -0.1) is 24.0 Å². The second kappa shape index (κ2) is 18.5. The molecule has 2 N–H and O–H groups in total. The maximum absolute atomic E-state index is 14.8. The average Bonchev–Trinajstić information content (AvgIpc) is 3.37. The fraction of sp³-hybridized carbons (Fsp3) is 0.457. The molecule has 0 atom stereocenters. The zero-order valence-corrected chi connectivity index (χ0v) is 29.9. The van der Waals surface area contributed by atoms with Crippen molar-refractivity contribution >= 4 is 53.0 Å². The largest absolute Gasteiger partial charge is 0.349 e. The lowest BCUT2D eigenvalue weighted by Crippen LogP contribution is -2.36. The Labute approximate surface area is 287 Å². The second-order valence-electron chi connectivity index (χ2n) is 11.3. The molecule has 3 aromatic heterocycles. The van der Waals surface area contributed by atoms with E-state index in [0.29, 0.717) is 29.3 Å². The highest BCUT2D eigenvalue weighted by atomic mass is 127. The third kappa shape index (κ3) is 10.0. The number of amides is 2. The van der Waals surface area contributed by atoms with Crippen molar-refractivity contribution < 1.29 is 16.8 Å². The third-order valence-corrected chi connectivity index (χ3v) is 7.62. The summed E-state index contributed by atoms with van der Waals surface area (Å²) >= 11 is 0. The highest BCUT2D eigenvalue weighted by Crippen LogP contribution is 2.34. The highest BCUT2D eigenvalue weighted by Gasteiger charge is 2.19. The maximum Gasteiger partial charge on any atom is 0.253 e. The summed E-state index contributed by atoms with van der Waals surface area (Å²) in [5, 5.41) is 10.8. The Bertz CT molecular complexity index is 1540. The molecule has 0 radical (unpaired) electrons. The molecule has 1 saturated carbocycles. The van der Waals surface area contributed by atoms with E-state index >= 15 is 0 Å². The molecule has 10 heteroatoms. The second-order valence-corrected chi connectivity index (χ2v) is 11.3. The number of carbonyl (C=O) groups is 2. The van der Waals surface area contributed by atoms with E-state index in [1.54, 1.807) is 23.1 Å². The van der Waals surface area contributed by atoms with Crippen molar-refractivity contribution in [3.63, 3.8) is 0 Å². The predicted molar refractivity (Wildman–Crippen MR) is 196 cm³/mol. The van der Waals surface area contributed by atoms with Gasteiger partial charge in [0.2, 0.25) is 6.41 Å². The Morgan fingerprint density at radius 2 is 1.82 bits per heavy atom. The van der Waals surface area contributed by atoms with Crippen LogP contribution < -0.4 is 10.6 Å². The number of hydrogen-bond donors (Lipinski definition) is 2. The van der Waals surface area contributed by atoms with Crippen LogP contribution in [0.15, 0.2) is 42.7 Å². The molecule has 4 aromatic rings. The number of fused-ring (bicyclic) bond motifs is 1.